The normalized spacial score (nSPS) is 11.8. The van der Waals surface area contributed by atoms with Crippen molar-refractivity contribution in [2.24, 2.45) is 0 Å². The van der Waals surface area contributed by atoms with Crippen molar-refractivity contribution in [3.05, 3.63) is 54.1 Å². The van der Waals surface area contributed by atoms with Crippen LogP contribution < -0.4 is 15.0 Å². The van der Waals surface area contributed by atoms with Gasteiger partial charge in [-0.15, -0.1) is 11.8 Å². The number of benzene rings is 2. The maximum Gasteiger partial charge on any atom is 0.279 e. The van der Waals surface area contributed by atoms with Crippen molar-refractivity contribution in [2.45, 2.75) is 18.4 Å². The van der Waals surface area contributed by atoms with E-state index in [2.05, 4.69) is 42.8 Å². The zero-order valence-corrected chi connectivity index (χ0v) is 15.3. The van der Waals surface area contributed by atoms with Crippen LogP contribution >= 0.6 is 11.8 Å². The average Bonchev–Trinajstić information content (AvgIpc) is 2.62. The van der Waals surface area contributed by atoms with Crippen LogP contribution in [-0.4, -0.2) is 32.4 Å². The zero-order valence-electron chi connectivity index (χ0n) is 14.5. The van der Waals surface area contributed by atoms with Gasteiger partial charge in [0, 0.05) is 16.1 Å². The Kier molecular flexibility index (Phi) is 7.15. The van der Waals surface area contributed by atoms with Gasteiger partial charge in [-0.25, -0.2) is 0 Å². The third-order valence-electron chi connectivity index (χ3n) is 3.90. The molecule has 0 heterocycles. The molecule has 0 aliphatic carbocycles. The van der Waals surface area contributed by atoms with E-state index < -0.39 is 0 Å². The first-order chi connectivity index (χ1) is 11.6. The minimum absolute atomic E-state index is 0.0257. The first-order valence-corrected chi connectivity index (χ1v) is 9.27. The average molecular weight is 345 g/mol. The third-order valence-corrected chi connectivity index (χ3v) is 4.64. The number of likely N-dealkylation sites (N-methyl/N-ethyl adjacent to an activating group) is 1. The zero-order chi connectivity index (χ0) is 17.4. The van der Waals surface area contributed by atoms with Gasteiger partial charge in [-0.1, -0.05) is 12.1 Å². The van der Waals surface area contributed by atoms with E-state index in [0.717, 1.165) is 24.5 Å². The SMILES string of the molecule is CC[NH+](CC(=O)Nc1ccc(OC)cc1)Cc1ccc(SC)cc1. The van der Waals surface area contributed by atoms with E-state index in [4.69, 9.17) is 4.74 Å². The molecule has 0 fully saturated rings. The summed E-state index contributed by atoms with van der Waals surface area (Å²) in [6, 6.07) is 15.9. The van der Waals surface area contributed by atoms with Crippen LogP contribution in [0.15, 0.2) is 53.4 Å². The Morgan fingerprint density at radius 1 is 1.12 bits per heavy atom. The Labute approximate surface area is 148 Å². The number of rotatable bonds is 8. The van der Waals surface area contributed by atoms with Gasteiger partial charge < -0.3 is 15.0 Å². The molecule has 0 aliphatic rings. The molecule has 1 atom stereocenters. The van der Waals surface area contributed by atoms with Crippen LogP contribution in [-0.2, 0) is 11.3 Å². The molecule has 2 rings (SSSR count). The Hall–Kier alpha value is -1.98. The fraction of sp³-hybridized carbons (Fsp3) is 0.316. The molecular weight excluding hydrogens is 320 g/mol. The second kappa shape index (κ2) is 9.35. The molecule has 0 radical (unpaired) electrons. The van der Waals surface area contributed by atoms with Gasteiger partial charge in [0.1, 0.15) is 12.3 Å². The van der Waals surface area contributed by atoms with Crippen LogP contribution in [0.1, 0.15) is 12.5 Å². The number of carbonyl (C=O) groups is 1. The fourth-order valence-corrected chi connectivity index (χ4v) is 2.86. The van der Waals surface area contributed by atoms with Crippen LogP contribution in [0, 0.1) is 0 Å². The molecule has 0 aromatic heterocycles. The lowest BCUT2D eigenvalue weighted by Gasteiger charge is -2.17. The lowest BCUT2D eigenvalue weighted by molar-refractivity contribution is -0.903. The van der Waals surface area contributed by atoms with Gasteiger partial charge in [0.2, 0.25) is 0 Å². The highest BCUT2D eigenvalue weighted by molar-refractivity contribution is 7.98. The molecule has 1 unspecified atom stereocenters. The summed E-state index contributed by atoms with van der Waals surface area (Å²) < 4.78 is 5.12. The molecule has 0 saturated carbocycles. The van der Waals surface area contributed by atoms with Gasteiger partial charge in [-0.2, -0.15) is 0 Å². The number of anilines is 1. The van der Waals surface area contributed by atoms with Crippen LogP contribution in [0.25, 0.3) is 0 Å². The summed E-state index contributed by atoms with van der Waals surface area (Å²) in [5.41, 5.74) is 2.04. The first kappa shape index (κ1) is 18.4. The number of ether oxygens (including phenoxy) is 1. The summed E-state index contributed by atoms with van der Waals surface area (Å²) in [6.07, 6.45) is 2.07. The molecule has 24 heavy (non-hydrogen) atoms. The van der Waals surface area contributed by atoms with Crippen molar-refractivity contribution in [1.82, 2.24) is 0 Å². The van der Waals surface area contributed by atoms with Gasteiger partial charge in [0.15, 0.2) is 6.54 Å². The van der Waals surface area contributed by atoms with Crippen LogP contribution in [0.3, 0.4) is 0 Å². The molecule has 2 aromatic rings. The summed E-state index contributed by atoms with van der Waals surface area (Å²) in [5.74, 6) is 0.806. The van der Waals surface area contributed by atoms with Crippen molar-refractivity contribution >= 4 is 23.4 Å². The molecule has 128 valence electrons. The molecule has 0 spiro atoms. The summed E-state index contributed by atoms with van der Waals surface area (Å²) in [7, 11) is 1.63. The molecule has 1 amide bonds. The van der Waals surface area contributed by atoms with Crippen molar-refractivity contribution < 1.29 is 14.4 Å². The predicted molar refractivity (Wildman–Crippen MR) is 99.9 cm³/mol. The molecule has 0 aliphatic heterocycles. The molecule has 0 saturated heterocycles. The smallest absolute Gasteiger partial charge is 0.279 e. The van der Waals surface area contributed by atoms with Gasteiger partial charge in [-0.3, -0.25) is 4.79 Å². The van der Waals surface area contributed by atoms with Crippen LogP contribution in [0.4, 0.5) is 5.69 Å². The maximum atomic E-state index is 12.3. The number of amides is 1. The molecule has 0 bridgehead atoms. The number of nitrogens with one attached hydrogen (secondary N) is 2. The van der Waals surface area contributed by atoms with E-state index in [1.54, 1.807) is 18.9 Å². The fourth-order valence-electron chi connectivity index (χ4n) is 2.45. The van der Waals surface area contributed by atoms with Crippen molar-refractivity contribution in [2.75, 3.05) is 31.8 Å². The second-order valence-electron chi connectivity index (χ2n) is 5.58. The maximum absolute atomic E-state index is 12.3. The van der Waals surface area contributed by atoms with Crippen molar-refractivity contribution in [3.63, 3.8) is 0 Å². The predicted octanol–water partition coefficient (Wildman–Crippen LogP) is 2.46. The summed E-state index contributed by atoms with van der Waals surface area (Å²) in [6.45, 7) is 4.31. The molecule has 2 aromatic carbocycles. The minimum Gasteiger partial charge on any atom is -0.497 e. The monoisotopic (exact) mass is 345 g/mol. The molecular formula is C19H25N2O2S+. The van der Waals surface area contributed by atoms with E-state index in [-0.39, 0.29) is 5.91 Å². The number of quaternary nitrogens is 1. The minimum atomic E-state index is 0.0257. The molecule has 5 heteroatoms. The van der Waals surface area contributed by atoms with Gasteiger partial charge in [0.05, 0.1) is 13.7 Å². The first-order valence-electron chi connectivity index (χ1n) is 8.05. The number of methoxy groups -OCH3 is 1. The number of hydrogen-bond donors (Lipinski definition) is 2. The topological polar surface area (TPSA) is 42.8 Å². The Bertz CT molecular complexity index is 641. The highest BCUT2D eigenvalue weighted by Crippen LogP contribution is 2.15. The Balaban J connectivity index is 1.89. The van der Waals surface area contributed by atoms with Crippen LogP contribution in [0.2, 0.25) is 0 Å². The summed E-state index contributed by atoms with van der Waals surface area (Å²) in [5, 5.41) is 2.94. The molecule has 4 nitrogen and oxygen atoms in total. The Morgan fingerprint density at radius 2 is 1.79 bits per heavy atom. The second-order valence-corrected chi connectivity index (χ2v) is 6.46. The van der Waals surface area contributed by atoms with Crippen molar-refractivity contribution in [1.29, 1.82) is 0 Å². The Morgan fingerprint density at radius 3 is 2.33 bits per heavy atom. The number of thioether (sulfide) groups is 1. The highest BCUT2D eigenvalue weighted by atomic mass is 32.2. The van der Waals surface area contributed by atoms with Crippen LogP contribution in [0.5, 0.6) is 5.75 Å². The lowest BCUT2D eigenvalue weighted by Crippen LogP contribution is -3.11. The summed E-state index contributed by atoms with van der Waals surface area (Å²) >= 11 is 1.74. The van der Waals surface area contributed by atoms with E-state index in [1.165, 1.54) is 15.4 Å². The van der Waals surface area contributed by atoms with E-state index >= 15 is 0 Å². The number of carbonyl (C=O) groups excluding carboxylic acids is 1. The standard InChI is InChI=1S/C19H24N2O2S/c1-4-21(13-15-5-11-18(24-3)12-6-15)14-19(22)20-16-7-9-17(23-2)10-8-16/h5-12H,4,13-14H2,1-3H3,(H,20,22)/p+1. The lowest BCUT2D eigenvalue weighted by atomic mass is 10.2. The van der Waals surface area contributed by atoms with E-state index in [9.17, 15) is 4.79 Å². The summed E-state index contributed by atoms with van der Waals surface area (Å²) in [4.78, 5) is 14.8. The van der Waals surface area contributed by atoms with Gasteiger partial charge in [0.25, 0.3) is 5.91 Å². The van der Waals surface area contributed by atoms with Gasteiger partial charge >= 0.3 is 0 Å². The van der Waals surface area contributed by atoms with Gasteiger partial charge in [-0.05, 0) is 49.6 Å². The third kappa shape index (κ3) is 5.58. The quantitative estimate of drug-likeness (QED) is 0.722. The van der Waals surface area contributed by atoms with Crippen molar-refractivity contribution in [3.8, 4) is 5.75 Å². The van der Waals surface area contributed by atoms with E-state index in [1.807, 2.05) is 24.3 Å². The van der Waals surface area contributed by atoms with E-state index in [0.29, 0.717) is 6.54 Å². The highest BCUT2D eigenvalue weighted by Gasteiger charge is 2.13. The number of hydrogen-bond acceptors (Lipinski definition) is 3. The largest absolute Gasteiger partial charge is 0.497 e. The molecule has 2 N–H and O–H groups in total.